The van der Waals surface area contributed by atoms with Gasteiger partial charge in [0.15, 0.2) is 0 Å². The summed E-state index contributed by atoms with van der Waals surface area (Å²) in [6.45, 7) is -0.293. The van der Waals surface area contributed by atoms with Gasteiger partial charge in [0.1, 0.15) is 11.5 Å². The SMILES string of the molecule is O=C1C=C(Nc2ccccc2-c2nc3ccccc3[nH]2)C(=O)N1CCO. The monoisotopic (exact) mass is 348 g/mol. The standard InChI is InChI=1S/C19H16N4O3/c24-10-9-23-17(25)11-16(19(23)26)20-13-6-2-1-5-12(13)18-21-14-7-3-4-8-15(14)22-18/h1-8,11,20,24H,9-10H2,(H,21,22). The summed E-state index contributed by atoms with van der Waals surface area (Å²) in [5.41, 5.74) is 3.37. The molecule has 3 N–H and O–H groups in total. The van der Waals surface area contributed by atoms with Crippen molar-refractivity contribution in [3.63, 3.8) is 0 Å². The lowest BCUT2D eigenvalue weighted by molar-refractivity contribution is -0.137. The van der Waals surface area contributed by atoms with Crippen LogP contribution < -0.4 is 5.32 Å². The van der Waals surface area contributed by atoms with Crippen LogP contribution >= 0.6 is 0 Å². The van der Waals surface area contributed by atoms with Gasteiger partial charge in [-0.05, 0) is 24.3 Å². The number of β-amino-alcohol motifs (C(OH)–C–C–N with tert-alkyl or cyclic N) is 1. The van der Waals surface area contributed by atoms with E-state index in [0.29, 0.717) is 11.5 Å². The highest BCUT2D eigenvalue weighted by Crippen LogP contribution is 2.29. The van der Waals surface area contributed by atoms with Gasteiger partial charge in [-0.15, -0.1) is 0 Å². The van der Waals surface area contributed by atoms with Crippen LogP contribution in [0.2, 0.25) is 0 Å². The molecule has 0 spiro atoms. The van der Waals surface area contributed by atoms with Gasteiger partial charge in [-0.25, -0.2) is 4.98 Å². The van der Waals surface area contributed by atoms with Crippen LogP contribution in [0.25, 0.3) is 22.4 Å². The van der Waals surface area contributed by atoms with Crippen LogP contribution in [0, 0.1) is 0 Å². The lowest BCUT2D eigenvalue weighted by Crippen LogP contribution is -2.34. The molecule has 0 unspecified atom stereocenters. The van der Waals surface area contributed by atoms with Gasteiger partial charge < -0.3 is 15.4 Å². The maximum Gasteiger partial charge on any atom is 0.277 e. The average molecular weight is 348 g/mol. The second kappa shape index (κ2) is 6.45. The number of para-hydroxylation sites is 3. The summed E-state index contributed by atoms with van der Waals surface area (Å²) >= 11 is 0. The van der Waals surface area contributed by atoms with Gasteiger partial charge in [-0.3, -0.25) is 14.5 Å². The number of H-pyrrole nitrogens is 1. The number of carbonyl (C=O) groups excluding carboxylic acids is 2. The number of nitrogens with one attached hydrogen (secondary N) is 2. The number of benzene rings is 2. The second-order valence-corrected chi connectivity index (χ2v) is 5.85. The van der Waals surface area contributed by atoms with Crippen LogP contribution in [0.5, 0.6) is 0 Å². The molecule has 1 aliphatic heterocycles. The molecule has 1 aliphatic rings. The maximum absolute atomic E-state index is 12.3. The Labute approximate surface area is 149 Å². The van der Waals surface area contributed by atoms with Gasteiger partial charge in [0.2, 0.25) is 0 Å². The lowest BCUT2D eigenvalue weighted by atomic mass is 10.1. The first-order chi connectivity index (χ1) is 12.7. The normalized spacial score (nSPS) is 14.2. The number of rotatable bonds is 5. The minimum absolute atomic E-state index is 0.0232. The highest BCUT2D eigenvalue weighted by molar-refractivity contribution is 6.17. The summed E-state index contributed by atoms with van der Waals surface area (Å²) < 4.78 is 0. The third kappa shape index (κ3) is 2.74. The van der Waals surface area contributed by atoms with Gasteiger partial charge in [-0.1, -0.05) is 24.3 Å². The molecule has 2 amide bonds. The number of carbonyl (C=O) groups is 2. The summed E-state index contributed by atoms with van der Waals surface area (Å²) in [5, 5.41) is 12.0. The van der Waals surface area contributed by atoms with E-state index in [9.17, 15) is 9.59 Å². The predicted molar refractivity (Wildman–Crippen MR) is 97.0 cm³/mol. The van der Waals surface area contributed by atoms with Crippen molar-refractivity contribution in [1.82, 2.24) is 14.9 Å². The number of fused-ring (bicyclic) bond motifs is 1. The number of imidazole rings is 1. The number of amides is 2. The zero-order chi connectivity index (χ0) is 18.1. The van der Waals surface area contributed by atoms with Crippen LogP contribution in [-0.4, -0.2) is 44.9 Å². The van der Waals surface area contributed by atoms with Crippen molar-refractivity contribution < 1.29 is 14.7 Å². The van der Waals surface area contributed by atoms with Crippen molar-refractivity contribution in [3.8, 4) is 11.4 Å². The fourth-order valence-corrected chi connectivity index (χ4v) is 2.93. The highest BCUT2D eigenvalue weighted by Gasteiger charge is 2.31. The molecule has 2 heterocycles. The fourth-order valence-electron chi connectivity index (χ4n) is 2.93. The van der Waals surface area contributed by atoms with Crippen molar-refractivity contribution in [1.29, 1.82) is 0 Å². The Morgan fingerprint density at radius 3 is 2.65 bits per heavy atom. The average Bonchev–Trinajstić information content (AvgIpc) is 3.19. The van der Waals surface area contributed by atoms with Crippen LogP contribution in [0.3, 0.4) is 0 Å². The molecule has 26 heavy (non-hydrogen) atoms. The van der Waals surface area contributed by atoms with Gasteiger partial charge >= 0.3 is 0 Å². The number of nitrogens with zero attached hydrogens (tertiary/aromatic N) is 2. The van der Waals surface area contributed by atoms with Gasteiger partial charge in [0.05, 0.1) is 24.2 Å². The minimum atomic E-state index is -0.455. The van der Waals surface area contributed by atoms with E-state index in [1.807, 2.05) is 48.5 Å². The van der Waals surface area contributed by atoms with E-state index in [-0.39, 0.29) is 18.8 Å². The van der Waals surface area contributed by atoms with Crippen molar-refractivity contribution in [3.05, 3.63) is 60.3 Å². The molecule has 2 aromatic carbocycles. The van der Waals surface area contributed by atoms with Crippen LogP contribution in [0.4, 0.5) is 5.69 Å². The molecule has 0 atom stereocenters. The van der Waals surface area contributed by atoms with E-state index in [0.717, 1.165) is 21.5 Å². The predicted octanol–water partition coefficient (Wildman–Crippen LogP) is 1.89. The number of hydrogen-bond donors (Lipinski definition) is 3. The van der Waals surface area contributed by atoms with Gasteiger partial charge in [0.25, 0.3) is 11.8 Å². The zero-order valence-electron chi connectivity index (χ0n) is 13.8. The van der Waals surface area contributed by atoms with Crippen molar-refractivity contribution in [2.45, 2.75) is 0 Å². The molecule has 0 saturated heterocycles. The minimum Gasteiger partial charge on any atom is -0.395 e. The van der Waals surface area contributed by atoms with E-state index in [2.05, 4.69) is 15.3 Å². The number of aliphatic hydroxyl groups excluding tert-OH is 1. The topological polar surface area (TPSA) is 98.3 Å². The van der Waals surface area contributed by atoms with E-state index in [1.54, 1.807) is 0 Å². The van der Waals surface area contributed by atoms with E-state index >= 15 is 0 Å². The van der Waals surface area contributed by atoms with Gasteiger partial charge in [0, 0.05) is 17.3 Å². The number of imide groups is 1. The fraction of sp³-hybridized carbons (Fsp3) is 0.105. The summed E-state index contributed by atoms with van der Waals surface area (Å²) in [4.78, 5) is 33.1. The number of aromatic amines is 1. The molecule has 3 aromatic rings. The number of hydrogen-bond acceptors (Lipinski definition) is 5. The van der Waals surface area contributed by atoms with E-state index < -0.39 is 11.8 Å². The molecule has 0 saturated carbocycles. The molecule has 0 fully saturated rings. The quantitative estimate of drug-likeness (QED) is 0.612. The summed E-state index contributed by atoms with van der Waals surface area (Å²) in [6.07, 6.45) is 1.24. The summed E-state index contributed by atoms with van der Waals surface area (Å²) in [6, 6.07) is 15.1. The first-order valence-corrected chi connectivity index (χ1v) is 8.17. The lowest BCUT2D eigenvalue weighted by Gasteiger charge is -2.14. The third-order valence-electron chi connectivity index (χ3n) is 4.17. The largest absolute Gasteiger partial charge is 0.395 e. The van der Waals surface area contributed by atoms with Crippen molar-refractivity contribution >= 4 is 28.5 Å². The number of aromatic nitrogens is 2. The summed E-state index contributed by atoms with van der Waals surface area (Å²) in [7, 11) is 0. The molecule has 7 nitrogen and oxygen atoms in total. The highest BCUT2D eigenvalue weighted by atomic mass is 16.3. The Bertz CT molecular complexity index is 1000. The number of anilines is 1. The Morgan fingerprint density at radius 1 is 1.08 bits per heavy atom. The van der Waals surface area contributed by atoms with Crippen molar-refractivity contribution in [2.75, 3.05) is 18.5 Å². The molecule has 7 heteroatoms. The maximum atomic E-state index is 12.3. The molecule has 130 valence electrons. The number of aliphatic hydroxyl groups is 1. The van der Waals surface area contributed by atoms with Crippen LogP contribution in [0.15, 0.2) is 60.3 Å². The molecular formula is C19H16N4O3. The van der Waals surface area contributed by atoms with Crippen molar-refractivity contribution in [2.24, 2.45) is 0 Å². The van der Waals surface area contributed by atoms with Crippen LogP contribution in [0.1, 0.15) is 0 Å². The van der Waals surface area contributed by atoms with Crippen LogP contribution in [-0.2, 0) is 9.59 Å². The zero-order valence-corrected chi connectivity index (χ0v) is 13.8. The first kappa shape index (κ1) is 16.0. The van der Waals surface area contributed by atoms with E-state index in [4.69, 9.17) is 5.11 Å². The second-order valence-electron chi connectivity index (χ2n) is 5.85. The van der Waals surface area contributed by atoms with E-state index in [1.165, 1.54) is 6.08 Å². The molecule has 4 rings (SSSR count). The summed E-state index contributed by atoms with van der Waals surface area (Å²) in [5.74, 6) is -0.227. The molecular weight excluding hydrogens is 332 g/mol. The Hall–Kier alpha value is -3.45. The molecule has 0 aliphatic carbocycles. The molecule has 0 radical (unpaired) electrons. The third-order valence-corrected chi connectivity index (χ3v) is 4.17. The Balaban J connectivity index is 1.68. The molecule has 1 aromatic heterocycles. The molecule has 0 bridgehead atoms. The Kier molecular flexibility index (Phi) is 3.98. The van der Waals surface area contributed by atoms with Gasteiger partial charge in [-0.2, -0.15) is 0 Å². The first-order valence-electron chi connectivity index (χ1n) is 8.17. The Morgan fingerprint density at radius 2 is 1.85 bits per heavy atom. The smallest absolute Gasteiger partial charge is 0.277 e.